The van der Waals surface area contributed by atoms with Gasteiger partial charge in [-0.15, -0.1) is 12.4 Å². The fourth-order valence-electron chi connectivity index (χ4n) is 0.601. The molecule has 0 aliphatic rings. The highest BCUT2D eigenvalue weighted by molar-refractivity contribution is 5.85. The van der Waals surface area contributed by atoms with E-state index in [1.165, 1.54) is 0 Å². The molecule has 0 radical (unpaired) electrons. The molecule has 10 heavy (non-hydrogen) atoms. The third-order valence-electron chi connectivity index (χ3n) is 0.961. The van der Waals surface area contributed by atoms with Crippen LogP contribution in [0, 0.1) is 0 Å². The zero-order valence-electron chi connectivity index (χ0n) is 5.78. The van der Waals surface area contributed by atoms with Gasteiger partial charge < -0.3 is 4.74 Å². The van der Waals surface area contributed by atoms with E-state index < -0.39 is 0 Å². The van der Waals surface area contributed by atoms with Crippen LogP contribution in [0.15, 0.2) is 24.5 Å². The number of pyridine rings is 1. The monoisotopic (exact) mass is 159 g/mol. The van der Waals surface area contributed by atoms with Gasteiger partial charge in [0.05, 0.1) is 6.61 Å². The summed E-state index contributed by atoms with van der Waals surface area (Å²) in [5.41, 5.74) is 0. The number of aromatic nitrogens is 1. The number of ether oxygens (including phenoxy) is 1. The summed E-state index contributed by atoms with van der Waals surface area (Å²) in [6, 6.07) is 3.67. The van der Waals surface area contributed by atoms with Crippen LogP contribution in [-0.2, 0) is 0 Å². The zero-order valence-corrected chi connectivity index (χ0v) is 6.60. The summed E-state index contributed by atoms with van der Waals surface area (Å²) in [5.74, 6) is 0.882. The van der Waals surface area contributed by atoms with E-state index >= 15 is 0 Å². The molecule has 0 saturated carbocycles. The van der Waals surface area contributed by atoms with Crippen LogP contribution >= 0.6 is 12.4 Å². The minimum atomic E-state index is 0. The van der Waals surface area contributed by atoms with Crippen molar-refractivity contribution in [1.82, 2.24) is 4.98 Å². The molecule has 0 saturated heterocycles. The highest BCUT2D eigenvalue weighted by Crippen LogP contribution is 2.05. The molecular formula is C7H10ClNO. The van der Waals surface area contributed by atoms with Crippen molar-refractivity contribution in [3.05, 3.63) is 24.5 Å². The topological polar surface area (TPSA) is 22.1 Å². The number of hydrogen-bond donors (Lipinski definition) is 0. The maximum Gasteiger partial charge on any atom is 0.122 e. The zero-order chi connectivity index (χ0) is 6.53. The van der Waals surface area contributed by atoms with E-state index in [2.05, 4.69) is 4.98 Å². The molecule has 0 fully saturated rings. The van der Waals surface area contributed by atoms with Gasteiger partial charge in [0.2, 0.25) is 0 Å². The van der Waals surface area contributed by atoms with Crippen LogP contribution in [0.25, 0.3) is 0 Å². The maximum absolute atomic E-state index is 5.17. The van der Waals surface area contributed by atoms with Gasteiger partial charge in [0.1, 0.15) is 5.75 Å². The molecule has 1 rings (SSSR count). The summed E-state index contributed by atoms with van der Waals surface area (Å²) in [6.45, 7) is 2.67. The van der Waals surface area contributed by atoms with Crippen molar-refractivity contribution in [3.8, 4) is 5.75 Å². The number of rotatable bonds is 2. The second-order valence-electron chi connectivity index (χ2n) is 1.62. The lowest BCUT2D eigenvalue weighted by Gasteiger charge is -1.98. The lowest BCUT2D eigenvalue weighted by Crippen LogP contribution is -1.89. The number of nitrogens with zero attached hydrogens (tertiary/aromatic N) is 1. The van der Waals surface area contributed by atoms with Crippen molar-refractivity contribution >= 4 is 12.4 Å². The fourth-order valence-corrected chi connectivity index (χ4v) is 0.601. The average molecular weight is 160 g/mol. The molecule has 0 amide bonds. The Morgan fingerprint density at radius 2 is 2.00 bits per heavy atom. The predicted octanol–water partition coefficient (Wildman–Crippen LogP) is 1.90. The fraction of sp³-hybridized carbons (Fsp3) is 0.286. The van der Waals surface area contributed by atoms with Gasteiger partial charge in [0, 0.05) is 12.4 Å². The summed E-state index contributed by atoms with van der Waals surface area (Å²) in [4.78, 5) is 3.85. The van der Waals surface area contributed by atoms with E-state index in [9.17, 15) is 0 Å². The maximum atomic E-state index is 5.17. The van der Waals surface area contributed by atoms with E-state index in [1.807, 2.05) is 19.1 Å². The third kappa shape index (κ3) is 2.69. The lowest BCUT2D eigenvalue weighted by atomic mass is 10.5. The SMILES string of the molecule is CCOc1ccncc1.Cl. The first-order chi connectivity index (χ1) is 4.43. The molecule has 1 aromatic rings. The summed E-state index contributed by atoms with van der Waals surface area (Å²) in [6.07, 6.45) is 3.43. The van der Waals surface area contributed by atoms with Crippen LogP contribution in [0.4, 0.5) is 0 Å². The molecule has 0 aromatic carbocycles. The Hall–Kier alpha value is -0.760. The molecule has 1 aromatic heterocycles. The Bertz CT molecular complexity index is 167. The molecule has 0 unspecified atom stereocenters. The molecule has 3 heteroatoms. The van der Waals surface area contributed by atoms with Crippen LogP contribution in [0.5, 0.6) is 5.75 Å². The Labute approximate surface area is 66.6 Å². The summed E-state index contributed by atoms with van der Waals surface area (Å²) < 4.78 is 5.17. The highest BCUT2D eigenvalue weighted by atomic mass is 35.5. The normalized spacial score (nSPS) is 8.10. The lowest BCUT2D eigenvalue weighted by molar-refractivity contribution is 0.340. The number of halogens is 1. The van der Waals surface area contributed by atoms with Crippen LogP contribution in [-0.4, -0.2) is 11.6 Å². The first-order valence-corrected chi connectivity index (χ1v) is 2.96. The van der Waals surface area contributed by atoms with Gasteiger partial charge >= 0.3 is 0 Å². The van der Waals surface area contributed by atoms with Gasteiger partial charge in [-0.3, -0.25) is 4.98 Å². The first-order valence-electron chi connectivity index (χ1n) is 2.96. The molecule has 0 N–H and O–H groups in total. The molecular weight excluding hydrogens is 150 g/mol. The Balaban J connectivity index is 0.000000810. The van der Waals surface area contributed by atoms with Crippen molar-refractivity contribution in [2.75, 3.05) is 6.61 Å². The van der Waals surface area contributed by atoms with Crippen molar-refractivity contribution in [3.63, 3.8) is 0 Å². The smallest absolute Gasteiger partial charge is 0.122 e. The van der Waals surface area contributed by atoms with Gasteiger partial charge in [-0.2, -0.15) is 0 Å². The summed E-state index contributed by atoms with van der Waals surface area (Å²) >= 11 is 0. The molecule has 2 nitrogen and oxygen atoms in total. The quantitative estimate of drug-likeness (QED) is 0.658. The second kappa shape index (κ2) is 5.06. The van der Waals surface area contributed by atoms with Crippen LogP contribution in [0.2, 0.25) is 0 Å². The van der Waals surface area contributed by atoms with Gasteiger partial charge in [0.15, 0.2) is 0 Å². The third-order valence-corrected chi connectivity index (χ3v) is 0.961. The molecule has 0 aliphatic heterocycles. The molecule has 0 spiro atoms. The van der Waals surface area contributed by atoms with E-state index in [0.717, 1.165) is 5.75 Å². The van der Waals surface area contributed by atoms with Crippen LogP contribution < -0.4 is 4.74 Å². The van der Waals surface area contributed by atoms with Crippen molar-refractivity contribution < 1.29 is 4.74 Å². The molecule has 0 aliphatic carbocycles. The minimum absolute atomic E-state index is 0. The molecule has 0 bridgehead atoms. The Kier molecular flexibility index (Phi) is 4.67. The standard InChI is InChI=1S/C7H9NO.ClH/c1-2-9-7-3-5-8-6-4-7;/h3-6H,2H2,1H3;1H. The number of hydrogen-bond acceptors (Lipinski definition) is 2. The van der Waals surface area contributed by atoms with Gasteiger partial charge in [-0.1, -0.05) is 0 Å². The van der Waals surface area contributed by atoms with E-state index in [0.29, 0.717) is 6.61 Å². The second-order valence-corrected chi connectivity index (χ2v) is 1.62. The highest BCUT2D eigenvalue weighted by Gasteiger charge is 1.84. The van der Waals surface area contributed by atoms with E-state index in [-0.39, 0.29) is 12.4 Å². The van der Waals surface area contributed by atoms with Crippen molar-refractivity contribution in [2.45, 2.75) is 6.92 Å². The van der Waals surface area contributed by atoms with Crippen LogP contribution in [0.3, 0.4) is 0 Å². The largest absolute Gasteiger partial charge is 0.494 e. The van der Waals surface area contributed by atoms with E-state index in [1.54, 1.807) is 12.4 Å². The first kappa shape index (κ1) is 9.24. The van der Waals surface area contributed by atoms with Gasteiger partial charge in [-0.25, -0.2) is 0 Å². The van der Waals surface area contributed by atoms with Crippen LogP contribution in [0.1, 0.15) is 6.92 Å². The predicted molar refractivity (Wildman–Crippen MR) is 42.7 cm³/mol. The summed E-state index contributed by atoms with van der Waals surface area (Å²) in [5, 5.41) is 0. The Morgan fingerprint density at radius 3 is 2.50 bits per heavy atom. The average Bonchev–Trinajstić information content (AvgIpc) is 1.91. The molecule has 0 atom stereocenters. The minimum Gasteiger partial charge on any atom is -0.494 e. The molecule has 56 valence electrons. The molecule has 1 heterocycles. The van der Waals surface area contributed by atoms with Crippen molar-refractivity contribution in [2.24, 2.45) is 0 Å². The summed E-state index contributed by atoms with van der Waals surface area (Å²) in [7, 11) is 0. The van der Waals surface area contributed by atoms with E-state index in [4.69, 9.17) is 4.74 Å². The van der Waals surface area contributed by atoms with Gasteiger partial charge in [0.25, 0.3) is 0 Å². The van der Waals surface area contributed by atoms with Gasteiger partial charge in [-0.05, 0) is 19.1 Å². The van der Waals surface area contributed by atoms with Crippen molar-refractivity contribution in [1.29, 1.82) is 0 Å². The Morgan fingerprint density at radius 1 is 1.40 bits per heavy atom.